The second kappa shape index (κ2) is 8.66. The van der Waals surface area contributed by atoms with Crippen LogP contribution in [0.4, 0.5) is 0 Å². The van der Waals surface area contributed by atoms with Crippen LogP contribution in [0.5, 0.6) is 0 Å². The zero-order valence-corrected chi connectivity index (χ0v) is 17.3. The van der Waals surface area contributed by atoms with Crippen LogP contribution in [0.25, 0.3) is 0 Å². The normalized spacial score (nSPS) is 13.8. The Bertz CT molecular complexity index is 993. The molecule has 0 saturated carbocycles. The minimum absolute atomic E-state index is 0.0398. The lowest BCUT2D eigenvalue weighted by Gasteiger charge is -2.22. The van der Waals surface area contributed by atoms with E-state index in [0.29, 0.717) is 31.6 Å². The van der Waals surface area contributed by atoms with Crippen LogP contribution in [0.1, 0.15) is 44.3 Å². The molecule has 29 heavy (non-hydrogen) atoms. The Hall–Kier alpha value is -2.86. The van der Waals surface area contributed by atoms with Gasteiger partial charge in [-0.15, -0.1) is 11.3 Å². The first-order valence-electron chi connectivity index (χ1n) is 9.82. The highest BCUT2D eigenvalue weighted by molar-refractivity contribution is 7.11. The summed E-state index contributed by atoms with van der Waals surface area (Å²) >= 11 is 1.70. The second-order valence-electron chi connectivity index (χ2n) is 7.37. The minimum Gasteiger partial charge on any atom is -0.467 e. The summed E-state index contributed by atoms with van der Waals surface area (Å²) in [5.74, 6) is 0.904. The fourth-order valence-electron chi connectivity index (χ4n) is 3.63. The van der Waals surface area contributed by atoms with E-state index in [9.17, 15) is 9.59 Å². The molecule has 2 aromatic heterocycles. The summed E-state index contributed by atoms with van der Waals surface area (Å²) in [6.07, 6.45) is 3.16. The average Bonchev–Trinajstić information content (AvgIpc) is 3.46. The highest BCUT2D eigenvalue weighted by atomic mass is 32.1. The van der Waals surface area contributed by atoms with Crippen LogP contribution < -0.4 is 0 Å². The maximum absolute atomic E-state index is 13.3. The first-order chi connectivity index (χ1) is 14.1. The van der Waals surface area contributed by atoms with E-state index in [2.05, 4.69) is 19.1 Å². The number of aryl methyl sites for hydroxylation is 1. The van der Waals surface area contributed by atoms with Gasteiger partial charge in [-0.05, 0) is 55.3 Å². The average molecular weight is 409 g/mol. The molecule has 0 aliphatic carbocycles. The van der Waals surface area contributed by atoms with Gasteiger partial charge in [-0.2, -0.15) is 0 Å². The lowest BCUT2D eigenvalue weighted by Crippen LogP contribution is -2.30. The van der Waals surface area contributed by atoms with Gasteiger partial charge in [0.15, 0.2) is 0 Å². The molecule has 0 unspecified atom stereocenters. The molecule has 0 N–H and O–H groups in total. The first-order valence-corrected chi connectivity index (χ1v) is 10.6. The molecule has 0 atom stereocenters. The van der Waals surface area contributed by atoms with Crippen molar-refractivity contribution in [1.82, 2.24) is 9.80 Å². The van der Waals surface area contributed by atoms with E-state index in [4.69, 9.17) is 4.42 Å². The number of carbonyl (C=O) groups excluding carboxylic acids is 2. The Kier molecular flexibility index (Phi) is 5.81. The van der Waals surface area contributed by atoms with Crippen LogP contribution in [-0.2, 0) is 24.4 Å². The molecule has 6 heteroatoms. The predicted octanol–water partition coefficient (Wildman–Crippen LogP) is 4.61. The van der Waals surface area contributed by atoms with E-state index < -0.39 is 0 Å². The number of benzene rings is 1. The van der Waals surface area contributed by atoms with Crippen molar-refractivity contribution in [2.45, 2.75) is 39.4 Å². The van der Waals surface area contributed by atoms with Gasteiger partial charge in [-0.25, -0.2) is 0 Å². The summed E-state index contributed by atoms with van der Waals surface area (Å²) in [5, 5.41) is 0. The third kappa shape index (κ3) is 4.77. The molecule has 2 amide bonds. The smallest absolute Gasteiger partial charge is 0.254 e. The highest BCUT2D eigenvalue weighted by Crippen LogP contribution is 2.21. The lowest BCUT2D eigenvalue weighted by atomic mass is 10.1. The van der Waals surface area contributed by atoms with Gasteiger partial charge in [-0.3, -0.25) is 9.59 Å². The summed E-state index contributed by atoms with van der Waals surface area (Å²) < 4.78 is 5.48. The van der Waals surface area contributed by atoms with Gasteiger partial charge in [0.25, 0.3) is 5.91 Å². The molecule has 1 aromatic carbocycles. The van der Waals surface area contributed by atoms with Crippen molar-refractivity contribution < 1.29 is 14.0 Å². The predicted molar refractivity (Wildman–Crippen MR) is 112 cm³/mol. The molecular weight excluding hydrogens is 384 g/mol. The summed E-state index contributed by atoms with van der Waals surface area (Å²) in [7, 11) is 0. The van der Waals surface area contributed by atoms with Crippen LogP contribution in [0.2, 0.25) is 0 Å². The van der Waals surface area contributed by atoms with Gasteiger partial charge in [0.2, 0.25) is 5.91 Å². The van der Waals surface area contributed by atoms with Crippen LogP contribution in [0, 0.1) is 6.92 Å². The summed E-state index contributed by atoms with van der Waals surface area (Å²) in [6, 6.07) is 15.5. The largest absolute Gasteiger partial charge is 0.467 e. The number of rotatable bonds is 7. The van der Waals surface area contributed by atoms with E-state index in [1.165, 1.54) is 4.88 Å². The third-order valence-corrected chi connectivity index (χ3v) is 6.06. The quantitative estimate of drug-likeness (QED) is 0.573. The van der Waals surface area contributed by atoms with Crippen molar-refractivity contribution in [2.75, 3.05) is 6.54 Å². The fraction of sp³-hybridized carbons (Fsp3) is 0.304. The van der Waals surface area contributed by atoms with Gasteiger partial charge in [0, 0.05) is 34.8 Å². The van der Waals surface area contributed by atoms with E-state index in [1.807, 2.05) is 46.2 Å². The number of hydrogen-bond acceptors (Lipinski definition) is 4. The van der Waals surface area contributed by atoms with Crippen molar-refractivity contribution in [2.24, 2.45) is 0 Å². The number of likely N-dealkylation sites (tertiary alicyclic amines) is 1. The summed E-state index contributed by atoms with van der Waals surface area (Å²) in [6.45, 7) is 4.36. The molecule has 4 rings (SSSR count). The Balaban J connectivity index is 1.54. The van der Waals surface area contributed by atoms with Crippen molar-refractivity contribution in [3.8, 4) is 0 Å². The van der Waals surface area contributed by atoms with Crippen LogP contribution in [0.3, 0.4) is 0 Å². The number of thiophene rings is 1. The number of hydrogen-bond donors (Lipinski definition) is 0. The molecule has 1 fully saturated rings. The van der Waals surface area contributed by atoms with Crippen LogP contribution >= 0.6 is 11.3 Å². The maximum Gasteiger partial charge on any atom is 0.254 e. The monoisotopic (exact) mass is 408 g/mol. The van der Waals surface area contributed by atoms with Crippen LogP contribution in [-0.4, -0.2) is 28.2 Å². The topological polar surface area (TPSA) is 53.8 Å². The molecule has 3 heterocycles. The molecule has 5 nitrogen and oxygen atoms in total. The Morgan fingerprint density at radius 2 is 2.07 bits per heavy atom. The van der Waals surface area contributed by atoms with Gasteiger partial charge in [0.1, 0.15) is 5.76 Å². The molecule has 1 aliphatic rings. The van der Waals surface area contributed by atoms with Crippen LogP contribution in [0.15, 0.2) is 59.2 Å². The molecule has 1 saturated heterocycles. The van der Waals surface area contributed by atoms with E-state index in [-0.39, 0.29) is 11.8 Å². The fourth-order valence-corrected chi connectivity index (χ4v) is 4.53. The third-order valence-electron chi connectivity index (χ3n) is 5.08. The van der Waals surface area contributed by atoms with Crippen molar-refractivity contribution in [1.29, 1.82) is 0 Å². The summed E-state index contributed by atoms with van der Waals surface area (Å²) in [5.41, 5.74) is 1.62. The van der Waals surface area contributed by atoms with E-state index >= 15 is 0 Å². The molecule has 1 aliphatic heterocycles. The molecule has 150 valence electrons. The van der Waals surface area contributed by atoms with Crippen molar-refractivity contribution in [3.63, 3.8) is 0 Å². The standard InChI is InChI=1S/C23H24N2O3S/c1-17-9-10-21(29-17)16-25(15-20-7-4-12-28-20)23(27)19-6-2-5-18(13-19)14-24-11-3-8-22(24)26/h2,4-7,9-10,12-13H,3,8,11,14-16H2,1H3. The summed E-state index contributed by atoms with van der Waals surface area (Å²) in [4.78, 5) is 31.3. The Morgan fingerprint density at radius 3 is 2.76 bits per heavy atom. The van der Waals surface area contributed by atoms with Gasteiger partial charge in [0.05, 0.1) is 19.4 Å². The zero-order chi connectivity index (χ0) is 20.2. The number of carbonyl (C=O) groups is 2. The van der Waals surface area contributed by atoms with Gasteiger partial charge in [-0.1, -0.05) is 12.1 Å². The van der Waals surface area contributed by atoms with Crippen molar-refractivity contribution in [3.05, 3.63) is 81.4 Å². The zero-order valence-electron chi connectivity index (χ0n) is 16.5. The van der Waals surface area contributed by atoms with Gasteiger partial charge >= 0.3 is 0 Å². The van der Waals surface area contributed by atoms with Crippen molar-refractivity contribution >= 4 is 23.2 Å². The second-order valence-corrected chi connectivity index (χ2v) is 8.74. The number of furan rings is 1. The first kappa shape index (κ1) is 19.5. The molecule has 0 bridgehead atoms. The van der Waals surface area contributed by atoms with Gasteiger partial charge < -0.3 is 14.2 Å². The molecule has 0 radical (unpaired) electrons. The van der Waals surface area contributed by atoms with E-state index in [1.54, 1.807) is 17.6 Å². The lowest BCUT2D eigenvalue weighted by molar-refractivity contribution is -0.128. The SMILES string of the molecule is Cc1ccc(CN(Cc2ccco2)C(=O)c2cccc(CN3CCCC3=O)c2)s1. The molecular formula is C23H24N2O3S. The minimum atomic E-state index is -0.0398. The number of nitrogens with zero attached hydrogens (tertiary/aromatic N) is 2. The molecule has 0 spiro atoms. The highest BCUT2D eigenvalue weighted by Gasteiger charge is 2.22. The van der Waals surface area contributed by atoms with E-state index in [0.717, 1.165) is 29.2 Å². The molecule has 3 aromatic rings. The Morgan fingerprint density at radius 1 is 1.17 bits per heavy atom. The number of amides is 2. The maximum atomic E-state index is 13.3. The Labute approximate surface area is 174 Å².